The summed E-state index contributed by atoms with van der Waals surface area (Å²) in [6.45, 7) is 4.88. The van der Waals surface area contributed by atoms with Crippen molar-refractivity contribution in [3.05, 3.63) is 70.1 Å². The minimum atomic E-state index is -0.691. The number of Topliss-reactive ketones (excluding diaryl/α,β-unsaturated/α-hetero) is 1. The number of amides is 2. The van der Waals surface area contributed by atoms with Crippen LogP contribution < -0.4 is 0 Å². The summed E-state index contributed by atoms with van der Waals surface area (Å²) in [4.78, 5) is 47.5. The predicted molar refractivity (Wildman–Crippen MR) is 137 cm³/mol. The number of aliphatic hydroxyl groups excluding tert-OH is 1. The molecule has 194 valence electrons. The number of hydrogen-bond donors (Lipinski definition) is 2. The average Bonchev–Trinajstić information content (AvgIpc) is 3.49. The lowest BCUT2D eigenvalue weighted by Crippen LogP contribution is -2.53. The number of piperazine rings is 1. The Morgan fingerprint density at radius 2 is 1.84 bits per heavy atom. The van der Waals surface area contributed by atoms with E-state index in [0.29, 0.717) is 50.0 Å². The van der Waals surface area contributed by atoms with Gasteiger partial charge in [-0.15, -0.1) is 0 Å². The Kier molecular flexibility index (Phi) is 7.02. The van der Waals surface area contributed by atoms with Crippen LogP contribution in [-0.4, -0.2) is 87.3 Å². The van der Waals surface area contributed by atoms with Crippen molar-refractivity contribution in [1.29, 1.82) is 0 Å². The van der Waals surface area contributed by atoms with Crippen molar-refractivity contribution >= 4 is 40.1 Å². The van der Waals surface area contributed by atoms with Gasteiger partial charge in [0.2, 0.25) is 0 Å². The summed E-state index contributed by atoms with van der Waals surface area (Å²) in [6.07, 6.45) is 1.27. The summed E-state index contributed by atoms with van der Waals surface area (Å²) < 4.78 is 13.2. The third-order valence-corrected chi connectivity index (χ3v) is 7.49. The van der Waals surface area contributed by atoms with Gasteiger partial charge in [-0.05, 0) is 43.2 Å². The van der Waals surface area contributed by atoms with Crippen LogP contribution in [0.1, 0.15) is 39.6 Å². The van der Waals surface area contributed by atoms with Gasteiger partial charge in [-0.3, -0.25) is 19.3 Å². The van der Waals surface area contributed by atoms with Crippen molar-refractivity contribution in [1.82, 2.24) is 19.7 Å². The van der Waals surface area contributed by atoms with Gasteiger partial charge in [0.25, 0.3) is 17.6 Å². The van der Waals surface area contributed by atoms with E-state index in [4.69, 9.17) is 11.6 Å². The summed E-state index contributed by atoms with van der Waals surface area (Å²) in [7, 11) is 0. The molecule has 2 saturated heterocycles. The molecule has 3 heterocycles. The van der Waals surface area contributed by atoms with Crippen molar-refractivity contribution in [2.75, 3.05) is 32.7 Å². The number of H-pyrrole nitrogens is 1. The molecule has 0 bridgehead atoms. The predicted octanol–water partition coefficient (Wildman–Crippen LogP) is 3.08. The van der Waals surface area contributed by atoms with E-state index in [1.54, 1.807) is 29.2 Å². The molecule has 1 unspecified atom stereocenters. The molecule has 5 rings (SSSR count). The van der Waals surface area contributed by atoms with Crippen molar-refractivity contribution in [3.63, 3.8) is 0 Å². The Morgan fingerprint density at radius 1 is 1.08 bits per heavy atom. The summed E-state index contributed by atoms with van der Waals surface area (Å²) in [6, 6.07) is 9.49. The third kappa shape index (κ3) is 5.12. The molecule has 2 N–H and O–H groups in total. The van der Waals surface area contributed by atoms with E-state index in [9.17, 15) is 23.9 Å². The van der Waals surface area contributed by atoms with E-state index in [2.05, 4.69) is 9.88 Å². The highest BCUT2D eigenvalue weighted by Crippen LogP contribution is 2.29. The van der Waals surface area contributed by atoms with E-state index in [1.807, 2.05) is 6.92 Å². The molecule has 2 atom stereocenters. The molecule has 2 aliphatic rings. The number of rotatable bonds is 5. The maximum absolute atomic E-state index is 13.5. The number of ketones is 1. The Labute approximate surface area is 218 Å². The van der Waals surface area contributed by atoms with Crippen LogP contribution >= 0.6 is 11.6 Å². The second-order valence-electron chi connectivity index (χ2n) is 9.81. The van der Waals surface area contributed by atoms with E-state index < -0.39 is 17.8 Å². The Balaban J connectivity index is 1.33. The second kappa shape index (κ2) is 10.2. The minimum Gasteiger partial charge on any atom is -0.391 e. The zero-order valence-electron chi connectivity index (χ0n) is 20.4. The van der Waals surface area contributed by atoms with Crippen molar-refractivity contribution in [2.24, 2.45) is 0 Å². The lowest BCUT2D eigenvalue weighted by Gasteiger charge is -2.40. The van der Waals surface area contributed by atoms with Crippen LogP contribution in [0, 0.1) is 5.82 Å². The minimum absolute atomic E-state index is 0.0936. The third-order valence-electron chi connectivity index (χ3n) is 7.18. The van der Waals surface area contributed by atoms with Gasteiger partial charge in [0.05, 0.1) is 22.3 Å². The molecule has 0 saturated carbocycles. The number of nitrogens with one attached hydrogen (secondary N) is 1. The zero-order chi connectivity index (χ0) is 26.3. The molecule has 3 aromatic rings. The number of fused-ring (bicyclic) bond motifs is 1. The first-order valence-corrected chi connectivity index (χ1v) is 12.7. The first-order valence-electron chi connectivity index (χ1n) is 12.3. The van der Waals surface area contributed by atoms with Crippen LogP contribution in [0.2, 0.25) is 5.02 Å². The first-order chi connectivity index (χ1) is 17.7. The van der Waals surface area contributed by atoms with Gasteiger partial charge in [0.15, 0.2) is 0 Å². The fourth-order valence-electron chi connectivity index (χ4n) is 5.16. The standard InChI is InChI=1S/C27H28ClFN4O4/c1-16-13-31(14-17-2-4-18(29)5-3-17)8-9-33(16)26(36)21-10-20-22(12-30-24(20)11-23(21)28)25(35)27(37)32-7-6-19(34)15-32/h2-5,10-12,16,19,30,34H,6-9,13-15H2,1H3/t16?,19-/m0/s1. The van der Waals surface area contributed by atoms with E-state index >= 15 is 0 Å². The highest BCUT2D eigenvalue weighted by atomic mass is 35.5. The second-order valence-corrected chi connectivity index (χ2v) is 10.2. The number of halogens is 2. The summed E-state index contributed by atoms with van der Waals surface area (Å²) in [5, 5.41) is 10.4. The van der Waals surface area contributed by atoms with E-state index in [1.165, 1.54) is 23.2 Å². The maximum Gasteiger partial charge on any atom is 0.295 e. The van der Waals surface area contributed by atoms with Crippen LogP contribution in [-0.2, 0) is 11.3 Å². The van der Waals surface area contributed by atoms with Crippen LogP contribution in [0.4, 0.5) is 4.39 Å². The summed E-state index contributed by atoms with van der Waals surface area (Å²) in [5.74, 6) is -1.88. The molecule has 2 amide bonds. The largest absolute Gasteiger partial charge is 0.391 e. The van der Waals surface area contributed by atoms with Gasteiger partial charge in [-0.25, -0.2) is 4.39 Å². The van der Waals surface area contributed by atoms with Crippen molar-refractivity contribution in [3.8, 4) is 0 Å². The number of aliphatic hydroxyl groups is 1. The van der Waals surface area contributed by atoms with Crippen LogP contribution in [0.15, 0.2) is 42.6 Å². The molecule has 2 aromatic carbocycles. The summed E-state index contributed by atoms with van der Waals surface area (Å²) in [5.41, 5.74) is 2.00. The SMILES string of the molecule is CC1CN(Cc2ccc(F)cc2)CCN1C(=O)c1cc2c(C(=O)C(=O)N3CC[C@H](O)C3)c[nH]c2cc1Cl. The lowest BCUT2D eigenvalue weighted by molar-refractivity contribution is -0.125. The molecule has 0 spiro atoms. The number of carbonyl (C=O) groups is 3. The molecule has 2 aliphatic heterocycles. The number of carbonyl (C=O) groups excluding carboxylic acids is 3. The quantitative estimate of drug-likeness (QED) is 0.393. The summed E-state index contributed by atoms with van der Waals surface area (Å²) >= 11 is 6.49. The van der Waals surface area contributed by atoms with Crippen molar-refractivity contribution in [2.45, 2.75) is 32.0 Å². The number of nitrogens with zero attached hydrogens (tertiary/aromatic N) is 3. The van der Waals surface area contributed by atoms with Crippen LogP contribution in [0.5, 0.6) is 0 Å². The zero-order valence-corrected chi connectivity index (χ0v) is 21.2. The fraction of sp³-hybridized carbons (Fsp3) is 0.370. The Morgan fingerprint density at radius 3 is 2.51 bits per heavy atom. The fourth-order valence-corrected chi connectivity index (χ4v) is 5.41. The van der Waals surface area contributed by atoms with E-state index in [-0.39, 0.29) is 40.5 Å². The lowest BCUT2D eigenvalue weighted by atomic mass is 10.0. The molecular formula is C27H28ClFN4O4. The number of benzene rings is 2. The monoisotopic (exact) mass is 526 g/mol. The van der Waals surface area contributed by atoms with E-state index in [0.717, 1.165) is 5.56 Å². The highest BCUT2D eigenvalue weighted by Gasteiger charge is 2.32. The average molecular weight is 527 g/mol. The molecule has 1 aromatic heterocycles. The maximum atomic E-state index is 13.5. The van der Waals surface area contributed by atoms with Crippen molar-refractivity contribution < 1.29 is 23.9 Å². The van der Waals surface area contributed by atoms with Gasteiger partial charge in [0.1, 0.15) is 5.82 Å². The normalized spacial score (nSPS) is 20.5. The molecule has 37 heavy (non-hydrogen) atoms. The Bertz CT molecular complexity index is 1360. The topological polar surface area (TPSA) is 97.0 Å². The molecule has 0 aliphatic carbocycles. The van der Waals surface area contributed by atoms with Crippen LogP contribution in [0.3, 0.4) is 0 Å². The number of β-amino-alcohol motifs (C(OH)–C–C–N with tert-alkyl or cyclic N) is 1. The van der Waals surface area contributed by atoms with Gasteiger partial charge in [-0.2, -0.15) is 0 Å². The van der Waals surface area contributed by atoms with Gasteiger partial charge in [-0.1, -0.05) is 23.7 Å². The molecule has 10 heteroatoms. The molecule has 8 nitrogen and oxygen atoms in total. The number of aromatic nitrogens is 1. The van der Waals surface area contributed by atoms with Crippen LogP contribution in [0.25, 0.3) is 10.9 Å². The van der Waals surface area contributed by atoms with Gasteiger partial charge in [0, 0.05) is 62.4 Å². The van der Waals surface area contributed by atoms with Gasteiger partial charge >= 0.3 is 0 Å². The Hall–Kier alpha value is -3.27. The number of aromatic amines is 1. The first kappa shape index (κ1) is 25.4. The molecular weight excluding hydrogens is 499 g/mol. The molecule has 2 fully saturated rings. The van der Waals surface area contributed by atoms with Gasteiger partial charge < -0.3 is 19.9 Å². The highest BCUT2D eigenvalue weighted by molar-refractivity contribution is 6.45. The smallest absolute Gasteiger partial charge is 0.295 e. The number of hydrogen-bond acceptors (Lipinski definition) is 5. The number of likely N-dealkylation sites (tertiary alicyclic amines) is 1. The molecule has 0 radical (unpaired) electrons.